The molecule has 3 rings (SSSR count). The molecule has 1 aromatic rings. The molecule has 2 aliphatic rings. The predicted molar refractivity (Wildman–Crippen MR) is 148 cm³/mol. The van der Waals surface area contributed by atoms with Crippen LogP contribution in [0.4, 0.5) is 4.79 Å². The van der Waals surface area contributed by atoms with E-state index in [2.05, 4.69) is 5.32 Å². The summed E-state index contributed by atoms with van der Waals surface area (Å²) in [4.78, 5) is 42.4. The van der Waals surface area contributed by atoms with Crippen molar-refractivity contribution in [1.29, 1.82) is 0 Å². The summed E-state index contributed by atoms with van der Waals surface area (Å²) in [7, 11) is 0. The van der Waals surface area contributed by atoms with Crippen LogP contribution >= 0.6 is 11.6 Å². The second-order valence-electron chi connectivity index (χ2n) is 12.8. The molecule has 0 aliphatic carbocycles. The van der Waals surface area contributed by atoms with Gasteiger partial charge in [0, 0.05) is 43.0 Å². The number of rotatable bonds is 6. The molecule has 2 fully saturated rings. The number of nitrogens with zero attached hydrogens (tertiary/aromatic N) is 2. The van der Waals surface area contributed by atoms with Gasteiger partial charge in [-0.3, -0.25) is 9.59 Å². The molecule has 0 aromatic heterocycles. The normalized spacial score (nSPS) is 24.3. The van der Waals surface area contributed by atoms with Crippen LogP contribution in [0.1, 0.15) is 73.3 Å². The van der Waals surface area contributed by atoms with Gasteiger partial charge in [-0.2, -0.15) is 0 Å². The molecule has 0 unspecified atom stereocenters. The number of hydrogen-bond donors (Lipinski definition) is 2. The van der Waals surface area contributed by atoms with Gasteiger partial charge >= 0.3 is 6.09 Å². The topological polar surface area (TPSA) is 99.2 Å². The highest BCUT2D eigenvalue weighted by atomic mass is 35.5. The Hall–Kier alpha value is -2.32. The van der Waals surface area contributed by atoms with E-state index in [4.69, 9.17) is 16.3 Å². The van der Waals surface area contributed by atoms with Gasteiger partial charge in [-0.15, -0.1) is 0 Å². The molecule has 0 radical (unpaired) electrons. The van der Waals surface area contributed by atoms with Crippen molar-refractivity contribution in [3.63, 3.8) is 0 Å². The van der Waals surface area contributed by atoms with Gasteiger partial charge in [0.05, 0.1) is 5.60 Å². The molecule has 2 N–H and O–H groups in total. The quantitative estimate of drug-likeness (QED) is 0.541. The number of amides is 3. The van der Waals surface area contributed by atoms with Crippen molar-refractivity contribution < 1.29 is 24.2 Å². The Balaban J connectivity index is 1.60. The number of nitrogens with one attached hydrogen (secondary N) is 1. The van der Waals surface area contributed by atoms with Crippen LogP contribution in [-0.4, -0.2) is 70.6 Å². The Bertz CT molecular complexity index is 1020. The van der Waals surface area contributed by atoms with Crippen molar-refractivity contribution in [2.45, 2.75) is 85.0 Å². The van der Waals surface area contributed by atoms with Gasteiger partial charge < -0.3 is 25.0 Å². The molecular formula is C29H44ClN3O5. The largest absolute Gasteiger partial charge is 0.444 e. The Morgan fingerprint density at radius 3 is 2.32 bits per heavy atom. The number of carbonyl (C=O) groups excluding carboxylic acids is 3. The summed E-state index contributed by atoms with van der Waals surface area (Å²) in [6, 6.07) is 6.55. The van der Waals surface area contributed by atoms with E-state index in [0.29, 0.717) is 37.6 Å². The van der Waals surface area contributed by atoms with E-state index in [1.165, 1.54) is 0 Å². The smallest absolute Gasteiger partial charge is 0.410 e. The van der Waals surface area contributed by atoms with E-state index in [0.717, 1.165) is 12.0 Å². The summed E-state index contributed by atoms with van der Waals surface area (Å²) in [6.07, 6.45) is 0.991. The molecule has 38 heavy (non-hydrogen) atoms. The summed E-state index contributed by atoms with van der Waals surface area (Å²) in [5.74, 6) is -0.411. The van der Waals surface area contributed by atoms with Crippen LogP contribution in [-0.2, 0) is 19.9 Å². The molecule has 1 aromatic carbocycles. The van der Waals surface area contributed by atoms with Crippen LogP contribution in [0.5, 0.6) is 0 Å². The van der Waals surface area contributed by atoms with Crippen LogP contribution in [0.25, 0.3) is 0 Å². The van der Waals surface area contributed by atoms with E-state index < -0.39 is 22.7 Å². The second-order valence-corrected chi connectivity index (χ2v) is 13.3. The number of hydrogen-bond acceptors (Lipinski definition) is 5. The number of likely N-dealkylation sites (tertiary alicyclic amines) is 2. The van der Waals surface area contributed by atoms with Gasteiger partial charge in [-0.05, 0) is 63.1 Å². The van der Waals surface area contributed by atoms with Crippen molar-refractivity contribution in [2.75, 3.05) is 26.2 Å². The van der Waals surface area contributed by atoms with E-state index in [1.54, 1.807) is 21.9 Å². The lowest BCUT2D eigenvalue weighted by Gasteiger charge is -2.51. The molecule has 0 saturated carbocycles. The SMILES string of the molecule is CC(C)[C@@H](NC(=O)C[C@@H]1CCN(C(=O)OC(C)(C)C)C1)C(=O)N1CC[C@](O)(c2ccc(Cl)cc2)C(C)(C)C1. The lowest BCUT2D eigenvalue weighted by molar-refractivity contribution is -0.156. The van der Waals surface area contributed by atoms with E-state index in [1.807, 2.05) is 60.6 Å². The highest BCUT2D eigenvalue weighted by Gasteiger charge is 2.50. The summed E-state index contributed by atoms with van der Waals surface area (Å²) in [5.41, 5.74) is -1.50. The molecule has 0 spiro atoms. The molecule has 3 amide bonds. The van der Waals surface area contributed by atoms with E-state index in [-0.39, 0.29) is 36.2 Å². The Labute approximate surface area is 232 Å². The van der Waals surface area contributed by atoms with Gasteiger partial charge in [0.25, 0.3) is 0 Å². The number of halogens is 1. The maximum absolute atomic E-state index is 13.6. The summed E-state index contributed by atoms with van der Waals surface area (Å²) < 4.78 is 5.45. The molecule has 2 saturated heterocycles. The van der Waals surface area contributed by atoms with Crippen LogP contribution in [0.3, 0.4) is 0 Å². The molecule has 212 valence electrons. The molecule has 9 heteroatoms. The minimum absolute atomic E-state index is 0.0220. The Kier molecular flexibility index (Phi) is 9.09. The minimum Gasteiger partial charge on any atom is -0.444 e. The second kappa shape index (κ2) is 11.4. The lowest BCUT2D eigenvalue weighted by Crippen LogP contribution is -2.60. The fourth-order valence-electron chi connectivity index (χ4n) is 5.47. The van der Waals surface area contributed by atoms with Crippen LogP contribution in [0, 0.1) is 17.3 Å². The zero-order valence-corrected chi connectivity index (χ0v) is 24.6. The van der Waals surface area contributed by atoms with Crippen molar-refractivity contribution in [1.82, 2.24) is 15.1 Å². The van der Waals surface area contributed by atoms with Gasteiger partial charge in [0.1, 0.15) is 11.6 Å². The van der Waals surface area contributed by atoms with Crippen molar-refractivity contribution in [3.05, 3.63) is 34.9 Å². The maximum Gasteiger partial charge on any atom is 0.410 e. The first-order valence-electron chi connectivity index (χ1n) is 13.6. The van der Waals surface area contributed by atoms with Gasteiger partial charge in [-0.25, -0.2) is 4.79 Å². The monoisotopic (exact) mass is 549 g/mol. The first kappa shape index (κ1) is 30.2. The number of benzene rings is 1. The first-order valence-corrected chi connectivity index (χ1v) is 13.9. The summed E-state index contributed by atoms with van der Waals surface area (Å²) >= 11 is 6.04. The summed E-state index contributed by atoms with van der Waals surface area (Å²) in [5, 5.41) is 15.2. The van der Waals surface area contributed by atoms with Crippen LogP contribution in [0.15, 0.2) is 24.3 Å². The molecule has 8 nitrogen and oxygen atoms in total. The standard InChI is InChI=1S/C29H44ClN3O5/c1-19(2)24(31-23(34)16-20-12-14-32(17-20)26(36)38-27(3,4)5)25(35)33-15-13-29(37,28(6,7)18-33)21-8-10-22(30)11-9-21/h8-11,19-20,24,37H,12-18H2,1-7H3,(H,31,34)/t20-,24+,29-/m0/s1. The average molecular weight is 550 g/mol. The molecule has 0 bridgehead atoms. The third-order valence-electron chi connectivity index (χ3n) is 7.74. The minimum atomic E-state index is -1.10. The van der Waals surface area contributed by atoms with Crippen molar-refractivity contribution in [2.24, 2.45) is 17.3 Å². The zero-order valence-electron chi connectivity index (χ0n) is 23.8. The van der Waals surface area contributed by atoms with Crippen molar-refractivity contribution in [3.8, 4) is 0 Å². The maximum atomic E-state index is 13.6. The van der Waals surface area contributed by atoms with E-state index in [9.17, 15) is 19.5 Å². The Morgan fingerprint density at radius 1 is 1.13 bits per heavy atom. The molecule has 3 atom stereocenters. The Morgan fingerprint density at radius 2 is 1.76 bits per heavy atom. The van der Waals surface area contributed by atoms with Crippen molar-refractivity contribution >= 4 is 29.5 Å². The van der Waals surface area contributed by atoms with Gasteiger partial charge in [0.15, 0.2) is 0 Å². The summed E-state index contributed by atoms with van der Waals surface area (Å²) in [6.45, 7) is 15.0. The highest BCUT2D eigenvalue weighted by molar-refractivity contribution is 6.30. The molecular weight excluding hydrogens is 506 g/mol. The lowest BCUT2D eigenvalue weighted by atomic mass is 9.66. The fourth-order valence-corrected chi connectivity index (χ4v) is 5.59. The molecule has 2 heterocycles. The zero-order chi connectivity index (χ0) is 28.5. The third kappa shape index (κ3) is 7.00. The number of aliphatic hydroxyl groups is 1. The predicted octanol–water partition coefficient (Wildman–Crippen LogP) is 4.57. The number of ether oxygens (including phenoxy) is 1. The van der Waals surface area contributed by atoms with Gasteiger partial charge in [-0.1, -0.05) is 51.4 Å². The molecule has 2 aliphatic heterocycles. The third-order valence-corrected chi connectivity index (χ3v) is 8.00. The average Bonchev–Trinajstić information content (AvgIpc) is 3.26. The van der Waals surface area contributed by atoms with Gasteiger partial charge in [0.2, 0.25) is 11.8 Å². The van der Waals surface area contributed by atoms with E-state index >= 15 is 0 Å². The highest BCUT2D eigenvalue weighted by Crippen LogP contribution is 2.46. The first-order chi connectivity index (χ1) is 17.5. The van der Waals surface area contributed by atoms with Crippen LogP contribution < -0.4 is 5.32 Å². The fraction of sp³-hybridized carbons (Fsp3) is 0.690. The number of piperidine rings is 1. The van der Waals surface area contributed by atoms with Crippen LogP contribution in [0.2, 0.25) is 5.02 Å². The number of carbonyl (C=O) groups is 3.